The molecule has 5 bridgehead atoms. The normalized spacial score (nSPS) is 28.2. The number of rotatable bonds is 2. The molecule has 4 aliphatic rings. The lowest BCUT2D eigenvalue weighted by atomic mass is 9.83. The summed E-state index contributed by atoms with van der Waals surface area (Å²) >= 11 is 0. The molecule has 4 aliphatic heterocycles. The van der Waals surface area contributed by atoms with Gasteiger partial charge in [0.15, 0.2) is 22.4 Å². The summed E-state index contributed by atoms with van der Waals surface area (Å²) in [7, 11) is 4.12. The third kappa shape index (κ3) is 7.85. The summed E-state index contributed by atoms with van der Waals surface area (Å²) in [6.07, 6.45) is 12.1. The minimum atomic E-state index is -1.80. The van der Waals surface area contributed by atoms with Gasteiger partial charge in [-0.3, -0.25) is 14.4 Å². The third-order valence-corrected chi connectivity index (χ3v) is 12.8. The molecule has 6 atom stereocenters. The van der Waals surface area contributed by atoms with Gasteiger partial charge in [0.2, 0.25) is 10.9 Å². The van der Waals surface area contributed by atoms with E-state index in [4.69, 9.17) is 18.9 Å². The van der Waals surface area contributed by atoms with E-state index in [2.05, 4.69) is 50.0 Å². The van der Waals surface area contributed by atoms with Gasteiger partial charge in [-0.05, 0) is 89.8 Å². The lowest BCUT2D eigenvalue weighted by Crippen LogP contribution is -2.42. The van der Waals surface area contributed by atoms with Crippen LogP contribution in [0.3, 0.4) is 0 Å². The van der Waals surface area contributed by atoms with E-state index in [9.17, 15) is 29.7 Å². The Balaban J connectivity index is 1.46. The van der Waals surface area contributed by atoms with Gasteiger partial charge >= 0.3 is 5.79 Å². The number of fused-ring (bicyclic) bond motifs is 14. The molecule has 5 heterocycles. The second kappa shape index (κ2) is 16.6. The van der Waals surface area contributed by atoms with E-state index in [-0.39, 0.29) is 72.9 Å². The number of allylic oxidation sites excluding steroid dienone is 4. The van der Waals surface area contributed by atoms with Gasteiger partial charge in [0.05, 0.1) is 23.0 Å². The predicted octanol–water partition coefficient (Wildman–Crippen LogP) is 6.95. The summed E-state index contributed by atoms with van der Waals surface area (Å²) < 4.78 is 18.8. The molecule has 3 aromatic carbocycles. The average molecular weight is 823 g/mol. The maximum Gasteiger partial charge on any atom is 0.307 e. The molecule has 60 heavy (non-hydrogen) atoms. The Hall–Kier alpha value is -5.40. The smallest absolute Gasteiger partial charge is 0.307 e. The molecule has 8 rings (SSSR count). The molecule has 1 saturated heterocycles. The van der Waals surface area contributed by atoms with Crippen LogP contribution in [0.15, 0.2) is 62.3 Å². The molecule has 0 unspecified atom stereocenters. The van der Waals surface area contributed by atoms with E-state index in [1.165, 1.54) is 19.3 Å². The zero-order valence-corrected chi connectivity index (χ0v) is 36.1. The fourth-order valence-electron chi connectivity index (χ4n) is 9.19. The molecular weight excluding hydrogens is 765 g/mol. The van der Waals surface area contributed by atoms with Gasteiger partial charge in [-0.2, -0.15) is 0 Å². The van der Waals surface area contributed by atoms with Crippen LogP contribution >= 0.6 is 0 Å². The fraction of sp³-hybridized carbons (Fsp3) is 0.489. The topological polar surface area (TPSA) is 175 Å². The van der Waals surface area contributed by atoms with Crippen molar-refractivity contribution in [2.45, 2.75) is 98.5 Å². The Labute approximate surface area is 349 Å². The fourth-order valence-corrected chi connectivity index (χ4v) is 9.19. The highest BCUT2D eigenvalue weighted by Gasteiger charge is 2.43. The minimum Gasteiger partial charge on any atom is -0.507 e. The number of ether oxygens (including phenoxy) is 2. The van der Waals surface area contributed by atoms with E-state index < -0.39 is 40.2 Å². The number of anilines is 2. The maximum absolute atomic E-state index is 14.7. The SMILES string of the molecule is C/C1=C/C=C/[C@H](C)C[C@@H](C)C[C@@H](C)[C@H](O)[C@H](C)C/C=C/O[C@@]2(C)Oc3c(C)c(O)c4c(=O)c(c5oc6cc(N7CCC(N(C)C)CC7)cc(=O)c6nc5c4c3=C2O)NC1=O. The van der Waals surface area contributed by atoms with Gasteiger partial charge in [-0.25, -0.2) is 4.98 Å². The number of nitrogens with zero attached hydrogens (tertiary/aromatic N) is 3. The van der Waals surface area contributed by atoms with E-state index in [1.54, 1.807) is 32.1 Å². The zero-order valence-electron chi connectivity index (χ0n) is 36.1. The van der Waals surface area contributed by atoms with Crippen molar-refractivity contribution in [2.24, 2.45) is 23.7 Å². The number of aromatic hydroxyl groups is 1. The number of carbonyl (C=O) groups is 1. The van der Waals surface area contributed by atoms with Crippen molar-refractivity contribution < 1.29 is 34.0 Å². The van der Waals surface area contributed by atoms with Crippen molar-refractivity contribution in [1.29, 1.82) is 0 Å². The second-order valence-electron chi connectivity index (χ2n) is 17.8. The van der Waals surface area contributed by atoms with Crippen molar-refractivity contribution in [3.05, 3.63) is 79.5 Å². The van der Waals surface area contributed by atoms with Gasteiger partial charge in [0.1, 0.15) is 22.7 Å². The number of piperidine rings is 1. The molecule has 1 amide bonds. The molecule has 4 N–H and O–H groups in total. The number of amides is 1. The summed E-state index contributed by atoms with van der Waals surface area (Å²) in [6.45, 7) is 14.4. The van der Waals surface area contributed by atoms with Gasteiger partial charge in [-0.15, -0.1) is 0 Å². The van der Waals surface area contributed by atoms with Gasteiger partial charge in [0.25, 0.3) is 5.91 Å². The molecule has 1 aromatic heterocycles. The molecule has 0 radical (unpaired) electrons. The number of benzene rings is 3. The van der Waals surface area contributed by atoms with Gasteiger partial charge < -0.3 is 44.3 Å². The van der Waals surface area contributed by atoms with Crippen LogP contribution in [-0.4, -0.2) is 76.2 Å². The highest BCUT2D eigenvalue weighted by molar-refractivity contribution is 6.16. The Morgan fingerprint density at radius 2 is 1.68 bits per heavy atom. The van der Waals surface area contributed by atoms with E-state index in [0.29, 0.717) is 29.6 Å². The van der Waals surface area contributed by atoms with Crippen LogP contribution in [0.1, 0.15) is 79.2 Å². The minimum absolute atomic E-state index is 0.0293. The molecule has 4 aromatic rings. The highest BCUT2D eigenvalue weighted by atomic mass is 16.7. The van der Waals surface area contributed by atoms with Crippen molar-refractivity contribution in [3.63, 3.8) is 0 Å². The number of aliphatic hydroxyl groups is 2. The Bertz CT molecular complexity index is 2620. The predicted molar refractivity (Wildman–Crippen MR) is 235 cm³/mol. The first kappa shape index (κ1) is 42.7. The molecule has 0 spiro atoms. The Morgan fingerprint density at radius 3 is 2.38 bits per heavy atom. The molecule has 13 heteroatoms. The number of hydrogen-bond acceptors (Lipinski definition) is 12. The van der Waals surface area contributed by atoms with Gasteiger partial charge in [0, 0.05) is 60.4 Å². The Kier molecular flexibility index (Phi) is 11.8. The van der Waals surface area contributed by atoms with Gasteiger partial charge in [-0.1, -0.05) is 45.9 Å². The van der Waals surface area contributed by atoms with E-state index in [0.717, 1.165) is 38.8 Å². The first-order valence-electron chi connectivity index (χ1n) is 21.0. The summed E-state index contributed by atoms with van der Waals surface area (Å²) in [6, 6.07) is 3.66. The van der Waals surface area contributed by atoms with Crippen molar-refractivity contribution in [2.75, 3.05) is 37.4 Å². The Morgan fingerprint density at radius 1 is 0.967 bits per heavy atom. The highest BCUT2D eigenvalue weighted by Crippen LogP contribution is 2.42. The monoisotopic (exact) mass is 822 g/mol. The lowest BCUT2D eigenvalue weighted by molar-refractivity contribution is -0.112. The van der Waals surface area contributed by atoms with Crippen molar-refractivity contribution in [3.8, 4) is 11.5 Å². The third-order valence-electron chi connectivity index (χ3n) is 12.8. The number of hydrogen-bond donors (Lipinski definition) is 4. The van der Waals surface area contributed by atoms with E-state index in [1.807, 2.05) is 19.1 Å². The van der Waals surface area contributed by atoms with Crippen LogP contribution in [-0.2, 0) is 9.53 Å². The maximum atomic E-state index is 14.7. The van der Waals surface area contributed by atoms with E-state index >= 15 is 0 Å². The van der Waals surface area contributed by atoms with Crippen LogP contribution in [0.5, 0.6) is 11.5 Å². The number of phenolic OH excluding ortho intramolecular Hbond substituents is 1. The summed E-state index contributed by atoms with van der Waals surface area (Å²) in [5.74, 6) is -2.74. The standard InChI is InChI=1S/C47H58N4O9/c1-24-12-10-13-27(4)46(57)49-39-42(55)35-34(38-44(39)59-33-23-31(22-32(52)37(33)48-38)51-17-15-30(16-18-51)50(8)9)36-43(29(6)41(35)54)60-47(7,45(36)56)58-19-11-14-26(3)40(53)28(5)21-25(2)20-24/h10-13,19,22-26,28,30,40,53-54,56H,14-18,20-21H2,1-9H3,(H,49,57)/b12-10+,19-11+,27-13-/t24-,25+,26+,28+,40+,47-/m0/s1. The molecule has 0 saturated carbocycles. The number of aromatic nitrogens is 1. The number of aliphatic hydroxyl groups excluding tert-OH is 2. The summed E-state index contributed by atoms with van der Waals surface area (Å²) in [5, 5.41) is 37.5. The molecule has 320 valence electrons. The zero-order chi connectivity index (χ0) is 43.4. The largest absolute Gasteiger partial charge is 0.507 e. The molecule has 13 nitrogen and oxygen atoms in total. The average Bonchev–Trinajstić information content (AvgIpc) is 3.47. The summed E-state index contributed by atoms with van der Waals surface area (Å²) in [4.78, 5) is 51.7. The first-order chi connectivity index (χ1) is 28.4. The molecule has 1 fully saturated rings. The molecular formula is C47H58N4O9. The van der Waals surface area contributed by atoms with Crippen LogP contribution in [0.25, 0.3) is 38.7 Å². The van der Waals surface area contributed by atoms with Crippen LogP contribution in [0.4, 0.5) is 11.4 Å². The first-order valence-corrected chi connectivity index (χ1v) is 21.0. The quantitative estimate of drug-likeness (QED) is 0.121. The van der Waals surface area contributed by atoms with Crippen LogP contribution in [0.2, 0.25) is 0 Å². The number of carbonyl (C=O) groups excluding carboxylic acids is 1. The number of phenols is 1. The van der Waals surface area contributed by atoms with Crippen molar-refractivity contribution in [1.82, 2.24) is 9.88 Å². The summed E-state index contributed by atoms with van der Waals surface area (Å²) in [5.41, 5.74) is -0.541. The number of nitrogens with one attached hydrogen (secondary N) is 1. The van der Waals surface area contributed by atoms with Crippen LogP contribution in [0, 0.1) is 30.6 Å². The van der Waals surface area contributed by atoms with Crippen LogP contribution < -0.4 is 31.0 Å². The lowest BCUT2D eigenvalue weighted by Gasteiger charge is -2.36. The molecule has 0 aliphatic carbocycles. The van der Waals surface area contributed by atoms with Crippen molar-refractivity contribution >= 4 is 56.0 Å². The second-order valence-corrected chi connectivity index (χ2v) is 17.8.